The zero-order chi connectivity index (χ0) is 13.7. The summed E-state index contributed by atoms with van der Waals surface area (Å²) in [6.07, 6.45) is 5.03. The highest BCUT2D eigenvalue weighted by atomic mass is 16.5. The Labute approximate surface area is 111 Å². The summed E-state index contributed by atoms with van der Waals surface area (Å²) in [5, 5.41) is 0. The molecule has 1 aromatic carbocycles. The van der Waals surface area contributed by atoms with Gasteiger partial charge in [-0.05, 0) is 37.5 Å². The number of aliphatic imine (C=N–C) groups is 1. The van der Waals surface area contributed by atoms with Gasteiger partial charge >= 0.3 is 5.97 Å². The van der Waals surface area contributed by atoms with Gasteiger partial charge in [0.15, 0.2) is 0 Å². The lowest BCUT2D eigenvalue weighted by atomic mass is 10.1. The van der Waals surface area contributed by atoms with Crippen molar-refractivity contribution in [2.24, 2.45) is 4.99 Å². The minimum Gasteiger partial charge on any atom is -0.465 e. The summed E-state index contributed by atoms with van der Waals surface area (Å²) < 4.78 is 4.66. The Morgan fingerprint density at radius 1 is 1.32 bits per heavy atom. The van der Waals surface area contributed by atoms with Crippen molar-refractivity contribution < 1.29 is 14.3 Å². The first-order chi connectivity index (χ1) is 9.26. The maximum atomic E-state index is 11.5. The van der Waals surface area contributed by atoms with E-state index in [9.17, 15) is 9.59 Å². The van der Waals surface area contributed by atoms with E-state index in [0.717, 1.165) is 31.6 Å². The Kier molecular flexibility index (Phi) is 4.31. The largest absolute Gasteiger partial charge is 0.465 e. The summed E-state index contributed by atoms with van der Waals surface area (Å²) in [5.41, 5.74) is 1.73. The number of esters is 1. The maximum absolute atomic E-state index is 11.5. The molecule has 0 amide bonds. The van der Waals surface area contributed by atoms with Crippen molar-refractivity contribution in [3.63, 3.8) is 0 Å². The van der Waals surface area contributed by atoms with E-state index < -0.39 is 5.97 Å². The van der Waals surface area contributed by atoms with Gasteiger partial charge in [0.2, 0.25) is 6.08 Å². The van der Waals surface area contributed by atoms with Crippen LogP contribution in [0.15, 0.2) is 23.2 Å². The highest BCUT2D eigenvalue weighted by Crippen LogP contribution is 2.31. The average Bonchev–Trinajstić information content (AvgIpc) is 2.47. The van der Waals surface area contributed by atoms with Crippen LogP contribution < -0.4 is 4.90 Å². The van der Waals surface area contributed by atoms with Gasteiger partial charge in [0, 0.05) is 13.1 Å². The van der Waals surface area contributed by atoms with Crippen LogP contribution in [0.2, 0.25) is 0 Å². The molecule has 5 nitrogen and oxygen atoms in total. The van der Waals surface area contributed by atoms with Gasteiger partial charge in [-0.1, -0.05) is 0 Å². The average molecular weight is 260 g/mol. The normalized spacial score (nSPS) is 14.7. The number of rotatable bonds is 3. The van der Waals surface area contributed by atoms with Gasteiger partial charge < -0.3 is 9.64 Å². The Bertz CT molecular complexity index is 515. The number of carbonyl (C=O) groups excluding carboxylic acids is 2. The molecule has 0 radical (unpaired) electrons. The monoisotopic (exact) mass is 260 g/mol. The molecule has 1 aliphatic heterocycles. The Balaban J connectivity index is 2.37. The van der Waals surface area contributed by atoms with Crippen molar-refractivity contribution in [2.45, 2.75) is 19.3 Å². The molecule has 0 bridgehead atoms. The quantitative estimate of drug-likeness (QED) is 0.476. The van der Waals surface area contributed by atoms with Crippen LogP contribution in [-0.4, -0.2) is 32.2 Å². The molecule has 1 aliphatic rings. The molecule has 1 heterocycles. The topological polar surface area (TPSA) is 59.0 Å². The van der Waals surface area contributed by atoms with Gasteiger partial charge in [0.05, 0.1) is 18.4 Å². The zero-order valence-corrected chi connectivity index (χ0v) is 10.9. The lowest BCUT2D eigenvalue weighted by Crippen LogP contribution is -2.29. The number of benzene rings is 1. The van der Waals surface area contributed by atoms with Crippen LogP contribution in [-0.2, 0) is 9.53 Å². The van der Waals surface area contributed by atoms with Crippen molar-refractivity contribution >= 4 is 23.4 Å². The molecule has 0 unspecified atom stereocenters. The molecule has 0 N–H and O–H groups in total. The molecular formula is C14H16N2O3. The van der Waals surface area contributed by atoms with Gasteiger partial charge in [-0.25, -0.2) is 9.59 Å². The minimum absolute atomic E-state index is 0.386. The molecular weight excluding hydrogens is 244 g/mol. The summed E-state index contributed by atoms with van der Waals surface area (Å²) in [6, 6.07) is 5.08. The highest BCUT2D eigenvalue weighted by Gasteiger charge is 2.16. The van der Waals surface area contributed by atoms with Crippen LogP contribution in [0.5, 0.6) is 0 Å². The molecule has 0 aromatic heterocycles. The molecule has 19 heavy (non-hydrogen) atoms. The van der Waals surface area contributed by atoms with E-state index in [-0.39, 0.29) is 0 Å². The number of carbonyl (C=O) groups is 1. The van der Waals surface area contributed by atoms with Crippen LogP contribution >= 0.6 is 0 Å². The molecule has 0 saturated carbocycles. The first kappa shape index (κ1) is 13.3. The smallest absolute Gasteiger partial charge is 0.337 e. The van der Waals surface area contributed by atoms with E-state index >= 15 is 0 Å². The van der Waals surface area contributed by atoms with Gasteiger partial charge in [-0.3, -0.25) is 0 Å². The lowest BCUT2D eigenvalue weighted by Gasteiger charge is -2.29. The van der Waals surface area contributed by atoms with E-state index in [1.807, 2.05) is 6.07 Å². The van der Waals surface area contributed by atoms with Crippen LogP contribution in [0.25, 0.3) is 0 Å². The van der Waals surface area contributed by atoms with E-state index in [0.29, 0.717) is 11.3 Å². The summed E-state index contributed by atoms with van der Waals surface area (Å²) in [5.74, 6) is -0.437. The fourth-order valence-electron chi connectivity index (χ4n) is 2.31. The predicted molar refractivity (Wildman–Crippen MR) is 71.6 cm³/mol. The van der Waals surface area contributed by atoms with Crippen LogP contribution in [0.4, 0.5) is 11.4 Å². The third-order valence-electron chi connectivity index (χ3n) is 3.26. The number of nitrogens with zero attached hydrogens (tertiary/aromatic N) is 2. The molecule has 0 atom stereocenters. The van der Waals surface area contributed by atoms with E-state index in [1.165, 1.54) is 13.5 Å². The fourth-order valence-corrected chi connectivity index (χ4v) is 2.31. The Hall–Kier alpha value is -2.13. The number of hydrogen-bond donors (Lipinski definition) is 0. The standard InChI is InChI=1S/C14H16N2O3/c1-19-14(18)11-5-6-13(12(9-11)15-10-17)16-7-3-2-4-8-16/h5-6,9H,2-4,7-8H2,1H3. The zero-order valence-electron chi connectivity index (χ0n) is 10.9. The van der Waals surface area contributed by atoms with E-state index in [1.54, 1.807) is 18.2 Å². The molecule has 1 aromatic rings. The first-order valence-corrected chi connectivity index (χ1v) is 6.31. The lowest BCUT2D eigenvalue weighted by molar-refractivity contribution is 0.0601. The molecule has 1 fully saturated rings. The minimum atomic E-state index is -0.437. The third kappa shape index (κ3) is 3.01. The van der Waals surface area contributed by atoms with E-state index in [2.05, 4.69) is 14.6 Å². The second-order valence-electron chi connectivity index (χ2n) is 4.45. The summed E-state index contributed by atoms with van der Waals surface area (Å²) >= 11 is 0. The molecule has 2 rings (SSSR count). The number of hydrogen-bond acceptors (Lipinski definition) is 5. The number of piperidine rings is 1. The van der Waals surface area contributed by atoms with Crippen molar-refractivity contribution in [2.75, 3.05) is 25.1 Å². The molecule has 0 spiro atoms. The molecule has 100 valence electrons. The predicted octanol–water partition coefficient (Wildman–Crippen LogP) is 2.43. The molecule has 0 aliphatic carbocycles. The summed E-state index contributed by atoms with van der Waals surface area (Å²) in [7, 11) is 1.32. The number of methoxy groups -OCH3 is 1. The SMILES string of the molecule is COC(=O)c1ccc(N2CCCCC2)c(N=C=O)c1. The van der Waals surface area contributed by atoms with Crippen LogP contribution in [0, 0.1) is 0 Å². The maximum Gasteiger partial charge on any atom is 0.337 e. The summed E-state index contributed by atoms with van der Waals surface area (Å²) in [4.78, 5) is 27.9. The van der Waals surface area contributed by atoms with Crippen molar-refractivity contribution in [1.29, 1.82) is 0 Å². The van der Waals surface area contributed by atoms with Crippen molar-refractivity contribution in [1.82, 2.24) is 0 Å². The van der Waals surface area contributed by atoms with Crippen LogP contribution in [0.3, 0.4) is 0 Å². The van der Waals surface area contributed by atoms with Crippen molar-refractivity contribution in [3.05, 3.63) is 23.8 Å². The van der Waals surface area contributed by atoms with Gasteiger partial charge in [0.25, 0.3) is 0 Å². The first-order valence-electron chi connectivity index (χ1n) is 6.31. The highest BCUT2D eigenvalue weighted by molar-refractivity contribution is 5.92. The number of anilines is 1. The van der Waals surface area contributed by atoms with Gasteiger partial charge in [-0.2, -0.15) is 4.99 Å². The Morgan fingerprint density at radius 3 is 2.68 bits per heavy atom. The second-order valence-corrected chi connectivity index (χ2v) is 4.45. The van der Waals surface area contributed by atoms with Gasteiger partial charge in [-0.15, -0.1) is 0 Å². The third-order valence-corrected chi connectivity index (χ3v) is 3.26. The van der Waals surface area contributed by atoms with Crippen LogP contribution in [0.1, 0.15) is 29.6 Å². The fraction of sp³-hybridized carbons (Fsp3) is 0.429. The Morgan fingerprint density at radius 2 is 2.05 bits per heavy atom. The molecule has 5 heteroatoms. The van der Waals surface area contributed by atoms with Gasteiger partial charge in [0.1, 0.15) is 5.69 Å². The number of isocyanates is 1. The van der Waals surface area contributed by atoms with E-state index in [4.69, 9.17) is 0 Å². The summed E-state index contributed by atoms with van der Waals surface area (Å²) in [6.45, 7) is 1.89. The second kappa shape index (κ2) is 6.16. The molecule has 1 saturated heterocycles. The number of ether oxygens (including phenoxy) is 1. The van der Waals surface area contributed by atoms with Crippen molar-refractivity contribution in [3.8, 4) is 0 Å².